The molecule has 1 aliphatic rings. The first-order valence-electron chi connectivity index (χ1n) is 10.4. The standard InChI is InChI=1S/C20H34N4O3/c1-2-3-6-9-15(25)12-13-17-16(18(26)14-19(17)27)10-7-4-5-8-11-20-21-23-24-22-20/h4,7,15-17,19,25,27H,2-3,5-6,8-14H2,1H3,(H,21,22,23,24)/b7-4-. The number of nitrogens with zero attached hydrogens (tertiary/aromatic N) is 3. The van der Waals surface area contributed by atoms with Crippen LogP contribution in [0.3, 0.4) is 0 Å². The fraction of sp³-hybridized carbons (Fsp3) is 0.800. The summed E-state index contributed by atoms with van der Waals surface area (Å²) in [7, 11) is 0. The molecule has 0 bridgehead atoms. The van der Waals surface area contributed by atoms with E-state index < -0.39 is 6.10 Å². The maximum absolute atomic E-state index is 12.2. The van der Waals surface area contributed by atoms with Crippen molar-refractivity contribution in [2.24, 2.45) is 11.8 Å². The van der Waals surface area contributed by atoms with Crippen LogP contribution in [0.4, 0.5) is 0 Å². The topological polar surface area (TPSA) is 112 Å². The van der Waals surface area contributed by atoms with Crippen LogP contribution in [0.2, 0.25) is 0 Å². The number of tetrazole rings is 1. The zero-order chi connectivity index (χ0) is 19.5. The summed E-state index contributed by atoms with van der Waals surface area (Å²) in [5, 5.41) is 34.1. The molecule has 0 saturated heterocycles. The van der Waals surface area contributed by atoms with Crippen LogP contribution in [0.15, 0.2) is 12.2 Å². The van der Waals surface area contributed by atoms with Crippen molar-refractivity contribution in [3.8, 4) is 0 Å². The molecule has 1 aromatic rings. The lowest BCUT2D eigenvalue weighted by Crippen LogP contribution is -2.22. The van der Waals surface area contributed by atoms with E-state index in [1.807, 2.05) is 0 Å². The summed E-state index contributed by atoms with van der Waals surface area (Å²) < 4.78 is 0. The first-order valence-corrected chi connectivity index (χ1v) is 10.4. The molecule has 7 heteroatoms. The van der Waals surface area contributed by atoms with Crippen LogP contribution in [0.25, 0.3) is 0 Å². The quantitative estimate of drug-likeness (QED) is 0.359. The third-order valence-electron chi connectivity index (χ3n) is 5.54. The third-order valence-corrected chi connectivity index (χ3v) is 5.54. The highest BCUT2D eigenvalue weighted by atomic mass is 16.3. The van der Waals surface area contributed by atoms with Gasteiger partial charge in [0, 0.05) is 18.8 Å². The molecule has 0 aromatic carbocycles. The minimum atomic E-state index is -0.558. The Bertz CT molecular complexity index is 562. The normalized spacial score (nSPS) is 24.1. The van der Waals surface area contributed by atoms with E-state index in [4.69, 9.17) is 0 Å². The lowest BCUT2D eigenvalue weighted by Gasteiger charge is -2.21. The molecule has 1 aromatic heterocycles. The number of aliphatic hydroxyl groups excluding tert-OH is 2. The first-order chi connectivity index (χ1) is 13.1. The summed E-state index contributed by atoms with van der Waals surface area (Å²) in [4.78, 5) is 12.2. The van der Waals surface area contributed by atoms with Crippen LogP contribution in [-0.4, -0.2) is 48.8 Å². The van der Waals surface area contributed by atoms with Gasteiger partial charge < -0.3 is 10.2 Å². The summed E-state index contributed by atoms with van der Waals surface area (Å²) in [5.74, 6) is 0.807. The number of Topliss-reactive ketones (excluding diaryl/α,β-unsaturated/α-hetero) is 1. The predicted molar refractivity (Wildman–Crippen MR) is 103 cm³/mol. The van der Waals surface area contributed by atoms with Gasteiger partial charge in [-0.15, -0.1) is 5.10 Å². The van der Waals surface area contributed by atoms with Crippen molar-refractivity contribution in [1.82, 2.24) is 20.6 Å². The molecule has 0 aliphatic heterocycles. The number of rotatable bonds is 13. The summed E-state index contributed by atoms with van der Waals surface area (Å²) in [6.07, 6.45) is 12.4. The van der Waals surface area contributed by atoms with Crippen LogP contribution in [0.5, 0.6) is 0 Å². The fourth-order valence-corrected chi connectivity index (χ4v) is 3.91. The SMILES string of the molecule is CCCCCC(O)CCC1C(O)CC(=O)C1C/C=C\CCCc1nnn[nH]1. The summed E-state index contributed by atoms with van der Waals surface area (Å²) in [5.41, 5.74) is 0. The van der Waals surface area contributed by atoms with Gasteiger partial charge in [0.05, 0.1) is 12.2 Å². The predicted octanol–water partition coefficient (Wildman–Crippen LogP) is 2.76. The van der Waals surface area contributed by atoms with Crippen LogP contribution in [-0.2, 0) is 11.2 Å². The van der Waals surface area contributed by atoms with Crippen molar-refractivity contribution in [2.45, 2.75) is 89.8 Å². The second-order valence-corrected chi connectivity index (χ2v) is 7.68. The van der Waals surface area contributed by atoms with Gasteiger partial charge >= 0.3 is 0 Å². The molecule has 152 valence electrons. The average Bonchev–Trinajstić information content (AvgIpc) is 3.24. The van der Waals surface area contributed by atoms with E-state index in [0.29, 0.717) is 12.8 Å². The van der Waals surface area contributed by atoms with Gasteiger partial charge in [-0.3, -0.25) is 4.79 Å². The van der Waals surface area contributed by atoms with E-state index in [-0.39, 0.29) is 30.1 Å². The monoisotopic (exact) mass is 378 g/mol. The number of hydrogen-bond donors (Lipinski definition) is 3. The van der Waals surface area contributed by atoms with Crippen molar-refractivity contribution >= 4 is 5.78 Å². The Morgan fingerprint density at radius 3 is 2.85 bits per heavy atom. The summed E-state index contributed by atoms with van der Waals surface area (Å²) in [6.45, 7) is 2.15. The molecule has 7 nitrogen and oxygen atoms in total. The van der Waals surface area contributed by atoms with Crippen LogP contribution in [0.1, 0.15) is 77.0 Å². The molecule has 27 heavy (non-hydrogen) atoms. The zero-order valence-corrected chi connectivity index (χ0v) is 16.4. The molecule has 2 rings (SSSR count). The van der Waals surface area contributed by atoms with E-state index >= 15 is 0 Å². The number of ketones is 1. The lowest BCUT2D eigenvalue weighted by molar-refractivity contribution is -0.121. The van der Waals surface area contributed by atoms with Gasteiger partial charge in [-0.1, -0.05) is 38.3 Å². The largest absolute Gasteiger partial charge is 0.393 e. The Morgan fingerprint density at radius 1 is 1.26 bits per heavy atom. The van der Waals surface area contributed by atoms with Crippen molar-refractivity contribution in [3.63, 3.8) is 0 Å². The molecule has 0 amide bonds. The average molecular weight is 379 g/mol. The number of aliphatic hydroxyl groups is 2. The first kappa shape index (κ1) is 21.7. The van der Waals surface area contributed by atoms with Crippen LogP contribution >= 0.6 is 0 Å². The van der Waals surface area contributed by atoms with E-state index in [9.17, 15) is 15.0 Å². The number of allylic oxidation sites excluding steroid dienone is 2. The summed E-state index contributed by atoms with van der Waals surface area (Å²) in [6, 6.07) is 0. The van der Waals surface area contributed by atoms with Gasteiger partial charge in [0.2, 0.25) is 0 Å². The van der Waals surface area contributed by atoms with E-state index in [0.717, 1.165) is 57.2 Å². The van der Waals surface area contributed by atoms with Gasteiger partial charge in [0.25, 0.3) is 0 Å². The lowest BCUT2D eigenvalue weighted by atomic mass is 9.86. The number of aryl methyl sites for hydroxylation is 1. The van der Waals surface area contributed by atoms with Gasteiger partial charge in [-0.05, 0) is 54.9 Å². The van der Waals surface area contributed by atoms with Crippen LogP contribution < -0.4 is 0 Å². The van der Waals surface area contributed by atoms with Crippen molar-refractivity contribution in [1.29, 1.82) is 0 Å². The van der Waals surface area contributed by atoms with Crippen molar-refractivity contribution < 1.29 is 15.0 Å². The number of carbonyl (C=O) groups is 1. The zero-order valence-electron chi connectivity index (χ0n) is 16.4. The molecule has 4 unspecified atom stereocenters. The van der Waals surface area contributed by atoms with Gasteiger partial charge in [0.1, 0.15) is 11.6 Å². The molecule has 0 spiro atoms. The molecular weight excluding hydrogens is 344 g/mol. The van der Waals surface area contributed by atoms with Crippen LogP contribution in [0, 0.1) is 11.8 Å². The molecule has 4 atom stereocenters. The van der Waals surface area contributed by atoms with Gasteiger partial charge in [-0.2, -0.15) is 0 Å². The third kappa shape index (κ3) is 7.50. The van der Waals surface area contributed by atoms with Gasteiger partial charge in [-0.25, -0.2) is 5.10 Å². The molecule has 1 aliphatic carbocycles. The Kier molecular flexibility index (Phi) is 9.62. The maximum Gasteiger partial charge on any atom is 0.148 e. The fourth-order valence-electron chi connectivity index (χ4n) is 3.91. The van der Waals surface area contributed by atoms with Crippen molar-refractivity contribution in [2.75, 3.05) is 0 Å². The smallest absolute Gasteiger partial charge is 0.148 e. The molecule has 1 heterocycles. The highest BCUT2D eigenvalue weighted by Crippen LogP contribution is 2.36. The van der Waals surface area contributed by atoms with E-state index in [1.165, 1.54) is 0 Å². The second-order valence-electron chi connectivity index (χ2n) is 7.68. The van der Waals surface area contributed by atoms with E-state index in [1.54, 1.807) is 0 Å². The Morgan fingerprint density at radius 2 is 2.11 bits per heavy atom. The molecule has 0 radical (unpaired) electrons. The number of aromatic nitrogens is 4. The van der Waals surface area contributed by atoms with Gasteiger partial charge in [0.15, 0.2) is 0 Å². The number of nitrogens with one attached hydrogen (secondary N) is 1. The number of unbranched alkanes of at least 4 members (excludes halogenated alkanes) is 3. The molecule has 3 N–H and O–H groups in total. The second kappa shape index (κ2) is 12.0. The number of aromatic amines is 1. The molecule has 1 fully saturated rings. The minimum Gasteiger partial charge on any atom is -0.393 e. The minimum absolute atomic E-state index is 0.0248. The highest BCUT2D eigenvalue weighted by Gasteiger charge is 2.40. The summed E-state index contributed by atoms with van der Waals surface area (Å²) >= 11 is 0. The Hall–Kier alpha value is -1.60. The Labute approximate surface area is 161 Å². The molecule has 1 saturated carbocycles. The number of H-pyrrole nitrogens is 1. The Balaban J connectivity index is 1.70. The van der Waals surface area contributed by atoms with E-state index in [2.05, 4.69) is 39.7 Å². The maximum atomic E-state index is 12.2. The molecular formula is C20H34N4O3. The number of carbonyl (C=O) groups excluding carboxylic acids is 1. The number of hydrogen-bond acceptors (Lipinski definition) is 6. The highest BCUT2D eigenvalue weighted by molar-refractivity contribution is 5.84. The van der Waals surface area contributed by atoms with Crippen molar-refractivity contribution in [3.05, 3.63) is 18.0 Å².